The fourth-order valence-electron chi connectivity index (χ4n) is 2.68. The molecule has 1 aliphatic carbocycles. The van der Waals surface area contributed by atoms with Crippen molar-refractivity contribution in [2.45, 2.75) is 32.2 Å². The number of halogens is 2. The van der Waals surface area contributed by atoms with E-state index in [-0.39, 0.29) is 5.78 Å². The summed E-state index contributed by atoms with van der Waals surface area (Å²) in [7, 11) is 0. The SMILES string of the molecule is O=C1CCCCc2cn(Cc3ccc(F)cc3F)cc21. The second-order valence-electron chi connectivity index (χ2n) is 5.24. The fraction of sp³-hybridized carbons (Fsp3) is 0.312. The lowest BCUT2D eigenvalue weighted by Crippen LogP contribution is -2.01. The molecule has 0 atom stereocenters. The smallest absolute Gasteiger partial charge is 0.164 e. The maximum atomic E-state index is 13.6. The number of Topliss-reactive ketones (excluding diaryl/α,β-unsaturated/α-hetero) is 1. The van der Waals surface area contributed by atoms with Crippen LogP contribution in [0, 0.1) is 11.6 Å². The van der Waals surface area contributed by atoms with Crippen molar-refractivity contribution in [2.75, 3.05) is 0 Å². The maximum absolute atomic E-state index is 13.6. The van der Waals surface area contributed by atoms with E-state index in [1.807, 2.05) is 10.8 Å². The molecule has 0 fully saturated rings. The van der Waals surface area contributed by atoms with Crippen LogP contribution in [0.2, 0.25) is 0 Å². The Bertz CT molecular complexity index is 660. The molecule has 104 valence electrons. The lowest BCUT2D eigenvalue weighted by Gasteiger charge is -2.05. The molecule has 0 unspecified atom stereocenters. The van der Waals surface area contributed by atoms with Crippen molar-refractivity contribution in [1.29, 1.82) is 0 Å². The zero-order valence-electron chi connectivity index (χ0n) is 11.0. The number of carbonyl (C=O) groups is 1. The second kappa shape index (κ2) is 5.19. The van der Waals surface area contributed by atoms with E-state index in [0.29, 0.717) is 18.5 Å². The molecule has 0 N–H and O–H groups in total. The van der Waals surface area contributed by atoms with Gasteiger partial charge in [0, 0.05) is 42.6 Å². The van der Waals surface area contributed by atoms with Crippen LogP contribution in [0.25, 0.3) is 0 Å². The van der Waals surface area contributed by atoms with Crippen LogP contribution in [-0.4, -0.2) is 10.4 Å². The first-order valence-electron chi connectivity index (χ1n) is 6.79. The van der Waals surface area contributed by atoms with Crippen LogP contribution in [0.15, 0.2) is 30.6 Å². The third-order valence-electron chi connectivity index (χ3n) is 3.73. The van der Waals surface area contributed by atoms with E-state index >= 15 is 0 Å². The number of rotatable bonds is 2. The molecule has 4 heteroatoms. The van der Waals surface area contributed by atoms with Gasteiger partial charge >= 0.3 is 0 Å². The largest absolute Gasteiger partial charge is 0.349 e. The number of carbonyl (C=O) groups excluding carboxylic acids is 1. The average molecular weight is 275 g/mol. The molecule has 0 amide bonds. The highest BCUT2D eigenvalue weighted by atomic mass is 19.1. The van der Waals surface area contributed by atoms with Crippen molar-refractivity contribution in [2.24, 2.45) is 0 Å². The van der Waals surface area contributed by atoms with Crippen LogP contribution < -0.4 is 0 Å². The summed E-state index contributed by atoms with van der Waals surface area (Å²) >= 11 is 0. The molecule has 0 spiro atoms. The number of benzene rings is 1. The summed E-state index contributed by atoms with van der Waals surface area (Å²) < 4.78 is 28.3. The highest BCUT2D eigenvalue weighted by Gasteiger charge is 2.18. The van der Waals surface area contributed by atoms with Crippen molar-refractivity contribution in [3.05, 3.63) is 58.9 Å². The lowest BCUT2D eigenvalue weighted by atomic mass is 10.1. The van der Waals surface area contributed by atoms with E-state index in [9.17, 15) is 13.6 Å². The molecule has 3 rings (SSSR count). The Kier molecular flexibility index (Phi) is 3.38. The van der Waals surface area contributed by atoms with Crippen molar-refractivity contribution in [3.8, 4) is 0 Å². The molecule has 0 aliphatic heterocycles. The monoisotopic (exact) mass is 275 g/mol. The molecule has 1 aliphatic rings. The van der Waals surface area contributed by atoms with Crippen LogP contribution in [0.4, 0.5) is 8.78 Å². The number of fused-ring (bicyclic) bond motifs is 1. The minimum Gasteiger partial charge on any atom is -0.349 e. The number of hydrogen-bond acceptors (Lipinski definition) is 1. The van der Waals surface area contributed by atoms with Crippen molar-refractivity contribution in [3.63, 3.8) is 0 Å². The van der Waals surface area contributed by atoms with E-state index in [0.717, 1.165) is 36.5 Å². The van der Waals surface area contributed by atoms with Gasteiger partial charge in [-0.2, -0.15) is 0 Å². The summed E-state index contributed by atoms with van der Waals surface area (Å²) in [6, 6.07) is 3.57. The molecular formula is C16H15F2NO. The predicted octanol–water partition coefficient (Wildman–Crippen LogP) is 3.72. The van der Waals surface area contributed by atoms with Gasteiger partial charge in [0.15, 0.2) is 5.78 Å². The van der Waals surface area contributed by atoms with E-state index < -0.39 is 11.6 Å². The zero-order valence-corrected chi connectivity index (χ0v) is 11.0. The Balaban J connectivity index is 1.88. The first-order chi connectivity index (χ1) is 9.63. The van der Waals surface area contributed by atoms with E-state index in [1.54, 1.807) is 6.20 Å². The van der Waals surface area contributed by atoms with Gasteiger partial charge < -0.3 is 4.57 Å². The van der Waals surface area contributed by atoms with Crippen LogP contribution in [0.3, 0.4) is 0 Å². The topological polar surface area (TPSA) is 22.0 Å². The number of hydrogen-bond donors (Lipinski definition) is 0. The Hall–Kier alpha value is -1.97. The third-order valence-corrected chi connectivity index (χ3v) is 3.73. The van der Waals surface area contributed by atoms with Gasteiger partial charge in [-0.3, -0.25) is 4.79 Å². The van der Waals surface area contributed by atoms with Crippen molar-refractivity contribution in [1.82, 2.24) is 4.57 Å². The molecule has 2 aromatic rings. The molecule has 20 heavy (non-hydrogen) atoms. The first-order valence-corrected chi connectivity index (χ1v) is 6.79. The highest BCUT2D eigenvalue weighted by Crippen LogP contribution is 2.22. The second-order valence-corrected chi connectivity index (χ2v) is 5.24. The number of ketones is 1. The minimum absolute atomic E-state index is 0.163. The van der Waals surface area contributed by atoms with E-state index in [1.165, 1.54) is 12.1 Å². The summed E-state index contributed by atoms with van der Waals surface area (Å²) in [5, 5.41) is 0. The van der Waals surface area contributed by atoms with E-state index in [2.05, 4.69) is 0 Å². The van der Waals surface area contributed by atoms with Gasteiger partial charge in [0.1, 0.15) is 11.6 Å². The molecular weight excluding hydrogens is 260 g/mol. The summed E-state index contributed by atoms with van der Waals surface area (Å²) in [5.41, 5.74) is 2.21. The molecule has 2 nitrogen and oxygen atoms in total. The molecule has 1 aromatic carbocycles. The standard InChI is InChI=1S/C16H15F2NO/c17-13-6-5-12(15(18)7-13)9-19-8-11-3-1-2-4-16(20)14(11)10-19/h5-8,10H,1-4,9H2. The van der Waals surface area contributed by atoms with Crippen LogP contribution in [0.1, 0.15) is 40.7 Å². The Morgan fingerprint density at radius 1 is 1.10 bits per heavy atom. The summed E-state index contributed by atoms with van der Waals surface area (Å²) in [4.78, 5) is 11.9. The van der Waals surface area contributed by atoms with Gasteiger partial charge in [-0.05, 0) is 30.9 Å². The molecule has 0 saturated heterocycles. The molecule has 1 aromatic heterocycles. The summed E-state index contributed by atoms with van der Waals surface area (Å²) in [5.74, 6) is -0.972. The van der Waals surface area contributed by atoms with Gasteiger partial charge in [-0.15, -0.1) is 0 Å². The van der Waals surface area contributed by atoms with Crippen LogP contribution in [0.5, 0.6) is 0 Å². The van der Waals surface area contributed by atoms with Crippen molar-refractivity contribution < 1.29 is 13.6 Å². The molecule has 0 bridgehead atoms. The average Bonchev–Trinajstić information content (AvgIpc) is 2.73. The molecule has 0 radical (unpaired) electrons. The zero-order chi connectivity index (χ0) is 14.1. The van der Waals surface area contributed by atoms with E-state index in [4.69, 9.17) is 0 Å². The predicted molar refractivity (Wildman–Crippen MR) is 71.8 cm³/mol. The normalized spacial score (nSPS) is 15.0. The van der Waals surface area contributed by atoms with Gasteiger partial charge in [-0.1, -0.05) is 6.07 Å². The Labute approximate surface area is 116 Å². The van der Waals surface area contributed by atoms with Gasteiger partial charge in [0.05, 0.1) is 0 Å². The first kappa shape index (κ1) is 13.0. The molecule has 0 saturated carbocycles. The van der Waals surface area contributed by atoms with Gasteiger partial charge in [0.25, 0.3) is 0 Å². The van der Waals surface area contributed by atoms with Crippen molar-refractivity contribution >= 4 is 5.78 Å². The number of aromatic nitrogens is 1. The molecule has 1 heterocycles. The minimum atomic E-state index is -0.579. The van der Waals surface area contributed by atoms with Crippen LogP contribution in [-0.2, 0) is 13.0 Å². The quantitative estimate of drug-likeness (QED) is 0.766. The summed E-state index contributed by atoms with van der Waals surface area (Å²) in [6.45, 7) is 0.312. The third kappa shape index (κ3) is 2.50. The Morgan fingerprint density at radius 3 is 2.70 bits per heavy atom. The highest BCUT2D eigenvalue weighted by molar-refractivity contribution is 5.97. The maximum Gasteiger partial charge on any atom is 0.164 e. The lowest BCUT2D eigenvalue weighted by molar-refractivity contribution is 0.0982. The summed E-state index contributed by atoms with van der Waals surface area (Å²) in [6.07, 6.45) is 7.10. The number of aryl methyl sites for hydroxylation is 1. The Morgan fingerprint density at radius 2 is 1.90 bits per heavy atom. The fourth-order valence-corrected chi connectivity index (χ4v) is 2.68. The number of nitrogens with zero attached hydrogens (tertiary/aromatic N) is 1. The van der Waals surface area contributed by atoms with Crippen LogP contribution >= 0.6 is 0 Å². The van der Waals surface area contributed by atoms with Gasteiger partial charge in [0.2, 0.25) is 0 Å². The van der Waals surface area contributed by atoms with Gasteiger partial charge in [-0.25, -0.2) is 8.78 Å².